The highest BCUT2D eigenvalue weighted by Gasteiger charge is 2.40. The summed E-state index contributed by atoms with van der Waals surface area (Å²) in [6.45, 7) is 7.10. The average Bonchev–Trinajstić information content (AvgIpc) is 2.68. The summed E-state index contributed by atoms with van der Waals surface area (Å²) in [6.07, 6.45) is 5.97. The molecule has 0 spiro atoms. The largest absolute Gasteiger partial charge is 0.261 e. The topological polar surface area (TPSA) is 12.9 Å². The number of aromatic nitrogens is 1. The number of nitrogens with zero attached hydrogens (tertiary/aromatic N) is 1. The molecule has 17 heavy (non-hydrogen) atoms. The number of hydrogen-bond donors (Lipinski definition) is 0. The molecule has 0 aliphatic heterocycles. The SMILES string of the molecule is CC(c1ccccn1)C(Br)C1CCCC1(C)C. The third-order valence-electron chi connectivity index (χ3n) is 4.36. The number of hydrogen-bond acceptors (Lipinski definition) is 1. The Kier molecular flexibility index (Phi) is 3.92. The standard InChI is InChI=1S/C15H22BrN/c1-11(13-8-4-5-10-17-13)14(16)12-7-6-9-15(12,2)3/h4-5,8,10-12,14H,6-7,9H2,1-3H3. The van der Waals surface area contributed by atoms with Crippen molar-refractivity contribution in [2.75, 3.05) is 0 Å². The molecule has 0 amide bonds. The third-order valence-corrected chi connectivity index (χ3v) is 5.79. The van der Waals surface area contributed by atoms with Crippen molar-refractivity contribution >= 4 is 15.9 Å². The monoisotopic (exact) mass is 295 g/mol. The average molecular weight is 296 g/mol. The van der Waals surface area contributed by atoms with E-state index in [9.17, 15) is 0 Å². The summed E-state index contributed by atoms with van der Waals surface area (Å²) in [4.78, 5) is 5.03. The van der Waals surface area contributed by atoms with Gasteiger partial charge in [-0.05, 0) is 36.3 Å². The van der Waals surface area contributed by atoms with Crippen LogP contribution in [0.2, 0.25) is 0 Å². The molecule has 1 aromatic rings. The molecule has 0 saturated heterocycles. The molecule has 94 valence electrons. The van der Waals surface area contributed by atoms with Gasteiger partial charge in [0.2, 0.25) is 0 Å². The molecule has 1 saturated carbocycles. The predicted molar refractivity (Wildman–Crippen MR) is 76.5 cm³/mol. The smallest absolute Gasteiger partial charge is 0.0443 e. The molecule has 1 nitrogen and oxygen atoms in total. The zero-order chi connectivity index (χ0) is 12.5. The van der Waals surface area contributed by atoms with Crippen LogP contribution in [0.3, 0.4) is 0 Å². The molecule has 1 aromatic heterocycles. The molecule has 1 heterocycles. The van der Waals surface area contributed by atoms with Gasteiger partial charge in [-0.25, -0.2) is 0 Å². The molecule has 3 atom stereocenters. The van der Waals surface area contributed by atoms with Crippen LogP contribution >= 0.6 is 15.9 Å². The van der Waals surface area contributed by atoms with Gasteiger partial charge in [0, 0.05) is 22.6 Å². The van der Waals surface area contributed by atoms with Gasteiger partial charge in [-0.3, -0.25) is 4.98 Å². The van der Waals surface area contributed by atoms with E-state index in [0.29, 0.717) is 16.2 Å². The van der Waals surface area contributed by atoms with Gasteiger partial charge in [0.1, 0.15) is 0 Å². The van der Waals surface area contributed by atoms with Crippen LogP contribution in [0.25, 0.3) is 0 Å². The first-order chi connectivity index (χ1) is 8.02. The van der Waals surface area contributed by atoms with Crippen molar-refractivity contribution in [3.63, 3.8) is 0 Å². The summed E-state index contributed by atoms with van der Waals surface area (Å²) in [5.41, 5.74) is 1.68. The Balaban J connectivity index is 2.12. The Labute approximate surface area is 113 Å². The first-order valence-corrected chi connectivity index (χ1v) is 7.49. The molecular weight excluding hydrogens is 274 g/mol. The molecule has 0 aromatic carbocycles. The molecule has 0 radical (unpaired) electrons. The van der Waals surface area contributed by atoms with Crippen molar-refractivity contribution in [1.82, 2.24) is 4.98 Å². The van der Waals surface area contributed by atoms with Crippen LogP contribution < -0.4 is 0 Å². The number of rotatable bonds is 3. The van der Waals surface area contributed by atoms with Crippen molar-refractivity contribution in [2.24, 2.45) is 11.3 Å². The van der Waals surface area contributed by atoms with Gasteiger partial charge in [0.05, 0.1) is 0 Å². The molecule has 1 aliphatic rings. The highest BCUT2D eigenvalue weighted by molar-refractivity contribution is 9.09. The van der Waals surface area contributed by atoms with E-state index in [1.54, 1.807) is 0 Å². The Morgan fingerprint density at radius 2 is 2.18 bits per heavy atom. The quantitative estimate of drug-likeness (QED) is 0.732. The van der Waals surface area contributed by atoms with Gasteiger partial charge in [0.25, 0.3) is 0 Å². The lowest BCUT2D eigenvalue weighted by Gasteiger charge is -2.34. The van der Waals surface area contributed by atoms with E-state index in [1.165, 1.54) is 25.0 Å². The van der Waals surface area contributed by atoms with Crippen molar-refractivity contribution in [2.45, 2.75) is 50.8 Å². The van der Waals surface area contributed by atoms with Gasteiger partial charge in [0.15, 0.2) is 0 Å². The van der Waals surface area contributed by atoms with Crippen molar-refractivity contribution in [1.29, 1.82) is 0 Å². The van der Waals surface area contributed by atoms with Crippen LogP contribution in [-0.2, 0) is 0 Å². The fourth-order valence-electron chi connectivity index (χ4n) is 3.10. The fraction of sp³-hybridized carbons (Fsp3) is 0.667. The second kappa shape index (κ2) is 5.09. The minimum absolute atomic E-state index is 0.469. The summed E-state index contributed by atoms with van der Waals surface area (Å²) in [7, 11) is 0. The summed E-state index contributed by atoms with van der Waals surface area (Å²) >= 11 is 3.94. The summed E-state index contributed by atoms with van der Waals surface area (Å²) in [5, 5.41) is 0. The van der Waals surface area contributed by atoms with Crippen LogP contribution in [0.4, 0.5) is 0 Å². The molecule has 0 N–H and O–H groups in total. The highest BCUT2D eigenvalue weighted by atomic mass is 79.9. The van der Waals surface area contributed by atoms with Crippen molar-refractivity contribution < 1.29 is 0 Å². The van der Waals surface area contributed by atoms with E-state index < -0.39 is 0 Å². The second-order valence-electron chi connectivity index (χ2n) is 5.98. The maximum absolute atomic E-state index is 4.49. The normalized spacial score (nSPS) is 26.7. The van der Waals surface area contributed by atoms with E-state index in [2.05, 4.69) is 53.8 Å². The van der Waals surface area contributed by atoms with Gasteiger partial charge in [-0.1, -0.05) is 49.2 Å². The Morgan fingerprint density at radius 3 is 2.71 bits per heavy atom. The minimum Gasteiger partial charge on any atom is -0.261 e. The number of pyridine rings is 1. The Morgan fingerprint density at radius 1 is 1.41 bits per heavy atom. The Bertz CT molecular complexity index is 360. The van der Waals surface area contributed by atoms with Crippen molar-refractivity contribution in [3.05, 3.63) is 30.1 Å². The van der Waals surface area contributed by atoms with E-state index in [4.69, 9.17) is 0 Å². The summed E-state index contributed by atoms with van der Waals surface area (Å²) < 4.78 is 0. The zero-order valence-corrected chi connectivity index (χ0v) is 12.6. The van der Waals surface area contributed by atoms with E-state index in [0.717, 1.165) is 5.92 Å². The second-order valence-corrected chi connectivity index (χ2v) is 7.03. The lowest BCUT2D eigenvalue weighted by molar-refractivity contribution is 0.244. The third kappa shape index (κ3) is 2.73. The molecular formula is C15H22BrN. The van der Waals surface area contributed by atoms with Crippen LogP contribution in [-0.4, -0.2) is 9.81 Å². The minimum atomic E-state index is 0.469. The lowest BCUT2D eigenvalue weighted by Crippen LogP contribution is -2.29. The number of alkyl halides is 1. The molecule has 1 fully saturated rings. The van der Waals surface area contributed by atoms with Crippen molar-refractivity contribution in [3.8, 4) is 0 Å². The number of halogens is 1. The molecule has 0 bridgehead atoms. The first-order valence-electron chi connectivity index (χ1n) is 6.57. The first kappa shape index (κ1) is 13.1. The van der Waals surface area contributed by atoms with Gasteiger partial charge in [-0.2, -0.15) is 0 Å². The van der Waals surface area contributed by atoms with Crippen LogP contribution in [0.15, 0.2) is 24.4 Å². The summed E-state index contributed by atoms with van der Waals surface area (Å²) in [5.74, 6) is 1.25. The van der Waals surface area contributed by atoms with Crippen LogP contribution in [0.1, 0.15) is 51.6 Å². The lowest BCUT2D eigenvalue weighted by atomic mass is 9.76. The molecule has 2 heteroatoms. The van der Waals surface area contributed by atoms with Crippen LogP contribution in [0, 0.1) is 11.3 Å². The van der Waals surface area contributed by atoms with Crippen LogP contribution in [0.5, 0.6) is 0 Å². The Hall–Kier alpha value is -0.370. The van der Waals surface area contributed by atoms with E-state index >= 15 is 0 Å². The molecule has 1 aliphatic carbocycles. The highest BCUT2D eigenvalue weighted by Crippen LogP contribution is 2.49. The maximum Gasteiger partial charge on any atom is 0.0443 e. The van der Waals surface area contributed by atoms with E-state index in [1.807, 2.05) is 12.3 Å². The van der Waals surface area contributed by atoms with Gasteiger partial charge >= 0.3 is 0 Å². The van der Waals surface area contributed by atoms with Gasteiger partial charge < -0.3 is 0 Å². The summed E-state index contributed by atoms with van der Waals surface area (Å²) in [6, 6.07) is 6.21. The molecule has 3 unspecified atom stereocenters. The van der Waals surface area contributed by atoms with E-state index in [-0.39, 0.29) is 0 Å². The predicted octanol–water partition coefficient (Wildman–Crippen LogP) is 4.77. The molecule has 2 rings (SSSR count). The van der Waals surface area contributed by atoms with Gasteiger partial charge in [-0.15, -0.1) is 0 Å². The zero-order valence-electron chi connectivity index (χ0n) is 11.0. The fourth-order valence-corrected chi connectivity index (χ4v) is 4.35. The maximum atomic E-state index is 4.49.